The number of nitrogens with zero attached hydrogens (tertiary/aromatic N) is 1. The molecule has 0 bridgehead atoms. The molecule has 0 fully saturated rings. The molecule has 0 unspecified atom stereocenters. The molecule has 5 nitrogen and oxygen atoms in total. The third-order valence-corrected chi connectivity index (χ3v) is 2.70. The zero-order chi connectivity index (χ0) is 13.6. The number of hydrogen-bond acceptors (Lipinski definition) is 4. The van der Waals surface area contributed by atoms with Gasteiger partial charge in [-0.05, 0) is 17.9 Å². The summed E-state index contributed by atoms with van der Waals surface area (Å²) in [4.78, 5) is 15.6. The largest absolute Gasteiger partial charge is 0.506 e. The molecule has 0 aliphatic heterocycles. The molecule has 2 N–H and O–H groups in total. The number of aromatic hydroxyl groups is 1. The van der Waals surface area contributed by atoms with E-state index in [-0.39, 0.29) is 17.1 Å². The van der Waals surface area contributed by atoms with Crippen molar-refractivity contribution in [3.63, 3.8) is 0 Å². The lowest BCUT2D eigenvalue weighted by Crippen LogP contribution is -2.34. The fourth-order valence-electron chi connectivity index (χ4n) is 1.44. The molecule has 0 saturated heterocycles. The second kappa shape index (κ2) is 6.35. The second-order valence-corrected chi connectivity index (χ2v) is 5.02. The van der Waals surface area contributed by atoms with Gasteiger partial charge in [-0.25, -0.2) is 0 Å². The minimum Gasteiger partial charge on any atom is -0.506 e. The Morgan fingerprint density at radius 2 is 2.22 bits per heavy atom. The molecular weight excluding hydrogens is 232 g/mol. The topological polar surface area (TPSA) is 71.5 Å². The van der Waals surface area contributed by atoms with Gasteiger partial charge < -0.3 is 15.2 Å². The molecule has 18 heavy (non-hydrogen) atoms. The number of hydrogen-bond donors (Lipinski definition) is 2. The zero-order valence-corrected chi connectivity index (χ0v) is 11.1. The van der Waals surface area contributed by atoms with E-state index in [1.165, 1.54) is 18.5 Å². The van der Waals surface area contributed by atoms with E-state index in [0.717, 1.165) is 6.42 Å². The molecule has 0 aliphatic rings. The minimum atomic E-state index is -0.233. The predicted octanol–water partition coefficient (Wildman–Crippen LogP) is 1.58. The van der Waals surface area contributed by atoms with Crippen LogP contribution in [0.5, 0.6) is 5.75 Å². The first-order chi connectivity index (χ1) is 8.44. The summed E-state index contributed by atoms with van der Waals surface area (Å²) in [7, 11) is 1.66. The second-order valence-electron chi connectivity index (χ2n) is 5.02. The Morgan fingerprint density at radius 3 is 2.83 bits per heavy atom. The fraction of sp³-hybridized carbons (Fsp3) is 0.538. The van der Waals surface area contributed by atoms with Gasteiger partial charge in [-0.1, -0.05) is 13.8 Å². The van der Waals surface area contributed by atoms with Crippen molar-refractivity contribution in [2.45, 2.75) is 20.3 Å². The first-order valence-electron chi connectivity index (χ1n) is 5.86. The molecule has 0 atom stereocenters. The van der Waals surface area contributed by atoms with E-state index in [9.17, 15) is 9.90 Å². The molecule has 1 amide bonds. The van der Waals surface area contributed by atoms with Crippen molar-refractivity contribution in [3.05, 3.63) is 24.0 Å². The van der Waals surface area contributed by atoms with Gasteiger partial charge in [-0.2, -0.15) is 0 Å². The number of amides is 1. The maximum atomic E-state index is 11.8. The van der Waals surface area contributed by atoms with Gasteiger partial charge in [0.25, 0.3) is 5.91 Å². The summed E-state index contributed by atoms with van der Waals surface area (Å²) >= 11 is 0. The highest BCUT2D eigenvalue weighted by Crippen LogP contribution is 2.19. The van der Waals surface area contributed by atoms with Gasteiger partial charge in [0.05, 0.1) is 11.8 Å². The highest BCUT2D eigenvalue weighted by atomic mass is 16.5. The van der Waals surface area contributed by atoms with Crippen LogP contribution in [0.25, 0.3) is 0 Å². The first kappa shape index (κ1) is 14.4. The molecule has 100 valence electrons. The summed E-state index contributed by atoms with van der Waals surface area (Å²) in [6.45, 7) is 5.33. The van der Waals surface area contributed by atoms with E-state index in [4.69, 9.17) is 4.74 Å². The van der Waals surface area contributed by atoms with Crippen molar-refractivity contribution in [3.8, 4) is 5.75 Å². The Balaban J connectivity index is 2.50. The summed E-state index contributed by atoms with van der Waals surface area (Å²) in [5.41, 5.74) is 0.327. The summed E-state index contributed by atoms with van der Waals surface area (Å²) in [5.74, 6) is -0.245. The van der Waals surface area contributed by atoms with Gasteiger partial charge in [0, 0.05) is 26.5 Å². The molecular formula is C13H20N2O3. The highest BCUT2D eigenvalue weighted by molar-refractivity contribution is 5.94. The van der Waals surface area contributed by atoms with E-state index < -0.39 is 0 Å². The monoisotopic (exact) mass is 252 g/mol. The smallest absolute Gasteiger partial charge is 0.253 e. The number of rotatable bonds is 6. The molecule has 0 saturated carbocycles. The van der Waals surface area contributed by atoms with Gasteiger partial charge in [0.15, 0.2) is 0 Å². The van der Waals surface area contributed by atoms with Gasteiger partial charge in [-0.15, -0.1) is 0 Å². The third-order valence-electron chi connectivity index (χ3n) is 2.70. The molecule has 0 aromatic carbocycles. The van der Waals surface area contributed by atoms with Gasteiger partial charge in [0.2, 0.25) is 0 Å². The fourth-order valence-corrected chi connectivity index (χ4v) is 1.44. The van der Waals surface area contributed by atoms with Crippen LogP contribution in [0.15, 0.2) is 18.5 Å². The first-order valence-corrected chi connectivity index (χ1v) is 5.86. The van der Waals surface area contributed by atoms with Crippen LogP contribution in [-0.4, -0.2) is 36.3 Å². The van der Waals surface area contributed by atoms with Crippen molar-refractivity contribution in [1.29, 1.82) is 0 Å². The lowest BCUT2D eigenvalue weighted by molar-refractivity contribution is 0.0920. The highest BCUT2D eigenvalue weighted by Gasteiger charge is 2.19. The van der Waals surface area contributed by atoms with E-state index in [1.54, 1.807) is 7.11 Å². The van der Waals surface area contributed by atoms with Crippen LogP contribution < -0.4 is 5.32 Å². The van der Waals surface area contributed by atoms with Crippen LogP contribution in [0.3, 0.4) is 0 Å². The standard InChI is InChI=1S/C13H20N2O3/c1-13(2,4-5-18-3)9-15-12(17)10-6-11(16)8-14-7-10/h6-8,16H,4-5,9H2,1-3H3,(H,15,17). The van der Waals surface area contributed by atoms with E-state index in [2.05, 4.69) is 24.1 Å². The molecule has 1 heterocycles. The van der Waals surface area contributed by atoms with Gasteiger partial charge in [-0.3, -0.25) is 9.78 Å². The van der Waals surface area contributed by atoms with Crippen molar-refractivity contribution < 1.29 is 14.6 Å². The Bertz CT molecular complexity index is 405. The molecule has 1 aromatic heterocycles. The summed E-state index contributed by atoms with van der Waals surface area (Å²) in [6.07, 6.45) is 3.58. The van der Waals surface area contributed by atoms with Gasteiger partial charge >= 0.3 is 0 Å². The summed E-state index contributed by atoms with van der Waals surface area (Å²) in [5, 5.41) is 12.1. The number of ether oxygens (including phenoxy) is 1. The molecule has 1 rings (SSSR count). The number of carbonyl (C=O) groups is 1. The van der Waals surface area contributed by atoms with Crippen LogP contribution in [0.1, 0.15) is 30.6 Å². The number of methoxy groups -OCH3 is 1. The van der Waals surface area contributed by atoms with E-state index in [1.807, 2.05) is 0 Å². The Morgan fingerprint density at radius 1 is 1.50 bits per heavy atom. The van der Waals surface area contributed by atoms with Crippen LogP contribution in [0.2, 0.25) is 0 Å². The SMILES string of the molecule is COCCC(C)(C)CNC(=O)c1cncc(O)c1. The zero-order valence-electron chi connectivity index (χ0n) is 11.1. The molecule has 1 aromatic rings. The minimum absolute atomic E-state index is 0.0127. The average molecular weight is 252 g/mol. The van der Waals surface area contributed by atoms with Crippen molar-refractivity contribution in [1.82, 2.24) is 10.3 Å². The number of aromatic nitrogens is 1. The van der Waals surface area contributed by atoms with E-state index >= 15 is 0 Å². The lowest BCUT2D eigenvalue weighted by Gasteiger charge is -2.24. The predicted molar refractivity (Wildman–Crippen MR) is 68.5 cm³/mol. The Hall–Kier alpha value is -1.62. The number of nitrogens with one attached hydrogen (secondary N) is 1. The summed E-state index contributed by atoms with van der Waals surface area (Å²) < 4.78 is 5.03. The van der Waals surface area contributed by atoms with Crippen LogP contribution in [0.4, 0.5) is 0 Å². The third kappa shape index (κ3) is 4.71. The quantitative estimate of drug-likeness (QED) is 0.806. The van der Waals surface area contributed by atoms with Crippen LogP contribution in [0, 0.1) is 5.41 Å². The number of carbonyl (C=O) groups excluding carboxylic acids is 1. The maximum absolute atomic E-state index is 11.8. The summed E-state index contributed by atoms with van der Waals surface area (Å²) in [6, 6.07) is 1.39. The average Bonchev–Trinajstić information content (AvgIpc) is 2.34. The molecule has 0 radical (unpaired) electrons. The number of pyridine rings is 1. The Kier molecular flexibility index (Phi) is 5.09. The molecule has 0 aliphatic carbocycles. The molecule has 5 heteroatoms. The molecule has 0 spiro atoms. The van der Waals surface area contributed by atoms with Gasteiger partial charge in [0.1, 0.15) is 5.75 Å². The van der Waals surface area contributed by atoms with Crippen molar-refractivity contribution in [2.75, 3.05) is 20.3 Å². The van der Waals surface area contributed by atoms with Crippen molar-refractivity contribution in [2.24, 2.45) is 5.41 Å². The normalized spacial score (nSPS) is 11.3. The lowest BCUT2D eigenvalue weighted by atomic mass is 9.89. The van der Waals surface area contributed by atoms with Crippen LogP contribution in [-0.2, 0) is 4.74 Å². The maximum Gasteiger partial charge on any atom is 0.253 e. The Labute approximate surface area is 107 Å². The van der Waals surface area contributed by atoms with E-state index in [0.29, 0.717) is 18.7 Å². The van der Waals surface area contributed by atoms with Crippen molar-refractivity contribution >= 4 is 5.91 Å². The van der Waals surface area contributed by atoms with Crippen LogP contribution >= 0.6 is 0 Å².